The van der Waals surface area contributed by atoms with E-state index in [2.05, 4.69) is 11.8 Å². The van der Waals surface area contributed by atoms with Crippen molar-refractivity contribution in [2.75, 3.05) is 46.0 Å². The van der Waals surface area contributed by atoms with Crippen molar-refractivity contribution in [3.63, 3.8) is 0 Å². The number of aliphatic hydroxyl groups excluding tert-OH is 1. The molecule has 0 radical (unpaired) electrons. The minimum absolute atomic E-state index is 0.109. The molecular formula is C31H38N2O5. The van der Waals surface area contributed by atoms with Crippen LogP contribution in [0.15, 0.2) is 72.0 Å². The van der Waals surface area contributed by atoms with Crippen LogP contribution in [-0.4, -0.2) is 72.6 Å². The smallest absolute Gasteiger partial charge is 0.290 e. The lowest BCUT2D eigenvalue weighted by Gasteiger charge is -2.31. The maximum Gasteiger partial charge on any atom is 0.290 e. The predicted octanol–water partition coefficient (Wildman–Crippen LogP) is 4.96. The van der Waals surface area contributed by atoms with E-state index in [1.165, 1.54) is 18.9 Å². The molecule has 2 aromatic rings. The summed E-state index contributed by atoms with van der Waals surface area (Å²) in [4.78, 5) is 30.4. The third kappa shape index (κ3) is 7.11. The number of unbranched alkanes of at least 4 members (excludes halogenated alkanes) is 3. The number of carbonyl (C=O) groups is 2. The summed E-state index contributed by atoms with van der Waals surface area (Å²) in [5.41, 5.74) is 1.74. The van der Waals surface area contributed by atoms with Gasteiger partial charge in [0.1, 0.15) is 5.75 Å². The Hall–Kier alpha value is -3.42. The number of carbonyl (C=O) groups excluding carboxylic acids is 2. The maximum absolute atomic E-state index is 13.4. The van der Waals surface area contributed by atoms with Crippen molar-refractivity contribution in [3.05, 3.63) is 83.1 Å². The van der Waals surface area contributed by atoms with Crippen molar-refractivity contribution >= 4 is 17.8 Å². The Morgan fingerprint density at radius 1 is 1.03 bits per heavy atom. The molecule has 1 fully saturated rings. The molecule has 0 spiro atoms. The highest BCUT2D eigenvalue weighted by Crippen LogP contribution is 2.38. The average molecular weight is 519 g/mol. The summed E-state index contributed by atoms with van der Waals surface area (Å²) in [5.74, 6) is -0.624. The number of aliphatic hydroxyl groups is 1. The van der Waals surface area contributed by atoms with Gasteiger partial charge < -0.3 is 19.5 Å². The van der Waals surface area contributed by atoms with E-state index in [1.807, 2.05) is 54.6 Å². The molecule has 2 heterocycles. The van der Waals surface area contributed by atoms with Crippen LogP contribution in [0.3, 0.4) is 0 Å². The Kier molecular flexibility index (Phi) is 10.1. The molecule has 0 aromatic heterocycles. The molecular weight excluding hydrogens is 480 g/mol. The zero-order valence-corrected chi connectivity index (χ0v) is 22.2. The zero-order chi connectivity index (χ0) is 26.7. The van der Waals surface area contributed by atoms with Crippen LogP contribution in [0.4, 0.5) is 0 Å². The van der Waals surface area contributed by atoms with Crippen LogP contribution >= 0.6 is 0 Å². The average Bonchev–Trinajstić information content (AvgIpc) is 3.21. The first kappa shape index (κ1) is 27.6. The lowest BCUT2D eigenvalue weighted by atomic mass is 9.95. The summed E-state index contributed by atoms with van der Waals surface area (Å²) in [6.07, 6.45) is 7.66. The van der Waals surface area contributed by atoms with Gasteiger partial charge in [-0.3, -0.25) is 14.5 Å². The molecule has 7 nitrogen and oxygen atoms in total. The summed E-state index contributed by atoms with van der Waals surface area (Å²) in [7, 11) is 0. The standard InChI is InChI=1S/C31H38N2O5/c1-2-3-4-8-21-38-26-14-12-25(13-15-26)29-28(27(34)16-11-24-9-6-5-7-10-24)30(35)31(36)33(29)18-17-32-19-22-37-23-20-32/h5-7,9-16,29,35H,2-4,8,17-23H2,1H3/b16-11+. The number of benzene rings is 2. The predicted molar refractivity (Wildman–Crippen MR) is 148 cm³/mol. The lowest BCUT2D eigenvalue weighted by molar-refractivity contribution is -0.129. The van der Waals surface area contributed by atoms with Gasteiger partial charge in [-0.1, -0.05) is 74.7 Å². The van der Waals surface area contributed by atoms with E-state index >= 15 is 0 Å². The molecule has 1 amide bonds. The maximum atomic E-state index is 13.4. The highest BCUT2D eigenvalue weighted by atomic mass is 16.5. The SMILES string of the molecule is CCCCCCOc1ccc(C2C(C(=O)/C=C/c3ccccc3)=C(O)C(=O)N2CCN2CCOCC2)cc1. The van der Waals surface area contributed by atoms with Gasteiger partial charge >= 0.3 is 0 Å². The van der Waals surface area contributed by atoms with Crippen LogP contribution in [-0.2, 0) is 14.3 Å². The number of amides is 1. The number of ether oxygens (including phenoxy) is 2. The number of rotatable bonds is 13. The fourth-order valence-corrected chi connectivity index (χ4v) is 4.85. The van der Waals surface area contributed by atoms with Gasteiger partial charge in [-0.2, -0.15) is 0 Å². The number of ketones is 1. The highest BCUT2D eigenvalue weighted by Gasteiger charge is 2.42. The van der Waals surface area contributed by atoms with Crippen molar-refractivity contribution < 1.29 is 24.2 Å². The summed E-state index contributed by atoms with van der Waals surface area (Å²) in [5, 5.41) is 10.9. The Morgan fingerprint density at radius 3 is 2.47 bits per heavy atom. The Morgan fingerprint density at radius 2 is 1.76 bits per heavy atom. The van der Waals surface area contributed by atoms with Crippen LogP contribution in [0.2, 0.25) is 0 Å². The summed E-state index contributed by atoms with van der Waals surface area (Å²) in [6.45, 7) is 6.77. The first-order valence-corrected chi connectivity index (χ1v) is 13.6. The summed E-state index contributed by atoms with van der Waals surface area (Å²) in [6, 6.07) is 16.3. The third-order valence-corrected chi connectivity index (χ3v) is 7.02. The fraction of sp³-hybridized carbons (Fsp3) is 0.419. The molecule has 1 N–H and O–H groups in total. The van der Waals surface area contributed by atoms with Crippen LogP contribution < -0.4 is 4.74 Å². The molecule has 1 saturated heterocycles. The Labute approximate surface area is 225 Å². The first-order valence-electron chi connectivity index (χ1n) is 13.6. The topological polar surface area (TPSA) is 79.3 Å². The van der Waals surface area contributed by atoms with E-state index in [0.29, 0.717) is 32.9 Å². The number of nitrogens with zero attached hydrogens (tertiary/aromatic N) is 2. The quantitative estimate of drug-likeness (QED) is 0.298. The largest absolute Gasteiger partial charge is 0.503 e. The Bertz CT molecular complexity index is 1120. The van der Waals surface area contributed by atoms with Crippen LogP contribution in [0.1, 0.15) is 49.8 Å². The molecule has 4 rings (SSSR count). The second kappa shape index (κ2) is 13.9. The number of hydrogen-bond acceptors (Lipinski definition) is 6. The summed E-state index contributed by atoms with van der Waals surface area (Å²) >= 11 is 0. The molecule has 38 heavy (non-hydrogen) atoms. The van der Waals surface area contributed by atoms with E-state index in [0.717, 1.165) is 42.8 Å². The number of hydrogen-bond donors (Lipinski definition) is 1. The molecule has 0 bridgehead atoms. The third-order valence-electron chi connectivity index (χ3n) is 7.02. The van der Waals surface area contributed by atoms with Gasteiger partial charge in [0, 0.05) is 26.2 Å². The summed E-state index contributed by atoms with van der Waals surface area (Å²) < 4.78 is 11.3. The molecule has 1 unspecified atom stereocenters. The minimum Gasteiger partial charge on any atom is -0.503 e. The molecule has 2 aromatic carbocycles. The van der Waals surface area contributed by atoms with Crippen molar-refractivity contribution in [3.8, 4) is 5.75 Å². The van der Waals surface area contributed by atoms with Gasteiger partial charge in [-0.25, -0.2) is 0 Å². The van der Waals surface area contributed by atoms with Crippen molar-refractivity contribution in [1.82, 2.24) is 9.80 Å². The monoisotopic (exact) mass is 518 g/mol. The minimum atomic E-state index is -0.671. The van der Waals surface area contributed by atoms with Gasteiger partial charge in [-0.05, 0) is 35.8 Å². The number of morpholine rings is 1. The van der Waals surface area contributed by atoms with E-state index in [1.54, 1.807) is 11.0 Å². The van der Waals surface area contributed by atoms with Gasteiger partial charge in [0.05, 0.1) is 31.4 Å². The first-order chi connectivity index (χ1) is 18.6. The molecule has 0 aliphatic carbocycles. The van der Waals surface area contributed by atoms with E-state index < -0.39 is 17.7 Å². The van der Waals surface area contributed by atoms with Crippen molar-refractivity contribution in [2.24, 2.45) is 0 Å². The van der Waals surface area contributed by atoms with Gasteiger partial charge in [0.15, 0.2) is 11.5 Å². The van der Waals surface area contributed by atoms with Crippen LogP contribution in [0.5, 0.6) is 5.75 Å². The van der Waals surface area contributed by atoms with E-state index in [9.17, 15) is 14.7 Å². The Balaban J connectivity index is 1.54. The van der Waals surface area contributed by atoms with Crippen molar-refractivity contribution in [1.29, 1.82) is 0 Å². The van der Waals surface area contributed by atoms with Crippen molar-refractivity contribution in [2.45, 2.75) is 38.6 Å². The molecule has 2 aliphatic rings. The van der Waals surface area contributed by atoms with Gasteiger partial charge in [0.2, 0.25) is 0 Å². The molecule has 202 valence electrons. The van der Waals surface area contributed by atoms with Crippen LogP contribution in [0, 0.1) is 0 Å². The lowest BCUT2D eigenvalue weighted by Crippen LogP contribution is -2.43. The zero-order valence-electron chi connectivity index (χ0n) is 22.2. The van der Waals surface area contributed by atoms with E-state index in [4.69, 9.17) is 9.47 Å². The van der Waals surface area contributed by atoms with Gasteiger partial charge in [0.25, 0.3) is 5.91 Å². The second-order valence-electron chi connectivity index (χ2n) is 9.70. The number of allylic oxidation sites excluding steroid dienone is 1. The molecule has 7 heteroatoms. The molecule has 0 saturated carbocycles. The molecule has 2 aliphatic heterocycles. The highest BCUT2D eigenvalue weighted by molar-refractivity contribution is 6.14. The van der Waals surface area contributed by atoms with Gasteiger partial charge in [-0.15, -0.1) is 0 Å². The second-order valence-corrected chi connectivity index (χ2v) is 9.70. The fourth-order valence-electron chi connectivity index (χ4n) is 4.85. The van der Waals surface area contributed by atoms with Crippen LogP contribution in [0.25, 0.3) is 6.08 Å². The molecule has 1 atom stereocenters. The normalized spacial score (nSPS) is 18.5. The van der Waals surface area contributed by atoms with E-state index in [-0.39, 0.29) is 11.4 Å².